The molecule has 0 unspecified atom stereocenters. The summed E-state index contributed by atoms with van der Waals surface area (Å²) in [5.41, 5.74) is 0.384. The van der Waals surface area contributed by atoms with E-state index in [-0.39, 0.29) is 38.5 Å². The number of aliphatic hydroxyl groups excluding tert-OH is 1. The Kier molecular flexibility index (Phi) is 6.38. The highest BCUT2D eigenvalue weighted by atomic mass is 19.4. The van der Waals surface area contributed by atoms with Crippen LogP contribution >= 0.6 is 0 Å². The van der Waals surface area contributed by atoms with Gasteiger partial charge in [0.25, 0.3) is 0 Å². The Bertz CT molecular complexity index is 495. The SMILES string of the molecule is O[C@@H](COCc1ccccc1F)CN1CCC[C@@H](C(F)(F)F)C1. The molecule has 1 N–H and O–H groups in total. The molecule has 1 fully saturated rings. The van der Waals surface area contributed by atoms with Crippen molar-refractivity contribution in [1.82, 2.24) is 4.90 Å². The molecule has 1 heterocycles. The number of hydrogen-bond acceptors (Lipinski definition) is 3. The third-order valence-electron chi connectivity index (χ3n) is 3.96. The Balaban J connectivity index is 1.72. The van der Waals surface area contributed by atoms with Crippen molar-refractivity contribution >= 4 is 0 Å². The second-order valence-corrected chi connectivity index (χ2v) is 5.90. The molecule has 2 rings (SSSR count). The van der Waals surface area contributed by atoms with Crippen LogP contribution in [0.25, 0.3) is 0 Å². The first-order chi connectivity index (χ1) is 10.9. The molecule has 0 bridgehead atoms. The molecule has 2 atom stereocenters. The van der Waals surface area contributed by atoms with Gasteiger partial charge in [0.15, 0.2) is 0 Å². The molecule has 0 spiro atoms. The quantitative estimate of drug-likeness (QED) is 0.812. The molecule has 0 radical (unpaired) electrons. The van der Waals surface area contributed by atoms with Crippen molar-refractivity contribution in [2.75, 3.05) is 26.2 Å². The summed E-state index contributed by atoms with van der Waals surface area (Å²) in [5, 5.41) is 9.90. The number of piperidine rings is 1. The lowest BCUT2D eigenvalue weighted by molar-refractivity contribution is -0.187. The van der Waals surface area contributed by atoms with Gasteiger partial charge < -0.3 is 14.7 Å². The smallest absolute Gasteiger partial charge is 0.389 e. The fourth-order valence-corrected chi connectivity index (χ4v) is 2.76. The summed E-state index contributed by atoms with van der Waals surface area (Å²) < 4.78 is 56.8. The molecule has 1 saturated heterocycles. The lowest BCUT2D eigenvalue weighted by atomic mass is 9.97. The van der Waals surface area contributed by atoms with E-state index in [0.29, 0.717) is 18.5 Å². The lowest BCUT2D eigenvalue weighted by Gasteiger charge is -2.34. The van der Waals surface area contributed by atoms with Crippen molar-refractivity contribution in [2.24, 2.45) is 5.92 Å². The maximum Gasteiger partial charge on any atom is 0.393 e. The summed E-state index contributed by atoms with van der Waals surface area (Å²) in [6, 6.07) is 6.16. The highest BCUT2D eigenvalue weighted by molar-refractivity contribution is 5.16. The summed E-state index contributed by atoms with van der Waals surface area (Å²) in [6.07, 6.45) is -4.48. The fourth-order valence-electron chi connectivity index (χ4n) is 2.76. The highest BCUT2D eigenvalue weighted by Crippen LogP contribution is 2.33. The van der Waals surface area contributed by atoms with Crippen LogP contribution in [-0.4, -0.2) is 48.5 Å². The standard InChI is InChI=1S/C16H21F4NO2/c17-15-6-2-1-4-12(15)10-23-11-14(22)9-21-7-3-5-13(8-21)16(18,19)20/h1-2,4,6,13-14,22H,3,5,7-11H2/t13-,14-/m1/s1. The van der Waals surface area contributed by atoms with E-state index < -0.39 is 18.2 Å². The monoisotopic (exact) mass is 335 g/mol. The Morgan fingerprint density at radius 1 is 1.30 bits per heavy atom. The zero-order valence-corrected chi connectivity index (χ0v) is 12.7. The minimum Gasteiger partial charge on any atom is -0.389 e. The zero-order chi connectivity index (χ0) is 16.9. The van der Waals surface area contributed by atoms with E-state index in [4.69, 9.17) is 4.74 Å². The number of β-amino-alcohol motifs (C(OH)–C–C–N with tert-alkyl or cyclic N) is 1. The predicted octanol–water partition coefficient (Wildman–Crippen LogP) is 2.98. The van der Waals surface area contributed by atoms with Gasteiger partial charge in [-0.1, -0.05) is 18.2 Å². The van der Waals surface area contributed by atoms with Gasteiger partial charge in [0.2, 0.25) is 0 Å². The van der Waals surface area contributed by atoms with Crippen LogP contribution in [0.2, 0.25) is 0 Å². The van der Waals surface area contributed by atoms with Gasteiger partial charge in [-0.05, 0) is 25.5 Å². The normalized spacial score (nSPS) is 21.3. The Morgan fingerprint density at radius 3 is 2.74 bits per heavy atom. The van der Waals surface area contributed by atoms with Crippen LogP contribution in [0.3, 0.4) is 0 Å². The summed E-state index contributed by atoms with van der Waals surface area (Å²) in [5.74, 6) is -1.71. The number of rotatable bonds is 6. The summed E-state index contributed by atoms with van der Waals surface area (Å²) in [7, 11) is 0. The molecule has 1 aliphatic heterocycles. The maximum atomic E-state index is 13.4. The van der Waals surface area contributed by atoms with Gasteiger partial charge in [-0.25, -0.2) is 4.39 Å². The van der Waals surface area contributed by atoms with Crippen molar-refractivity contribution in [2.45, 2.75) is 31.7 Å². The summed E-state index contributed by atoms with van der Waals surface area (Å²) >= 11 is 0. The topological polar surface area (TPSA) is 32.7 Å². The van der Waals surface area contributed by atoms with E-state index >= 15 is 0 Å². The van der Waals surface area contributed by atoms with E-state index in [9.17, 15) is 22.7 Å². The second-order valence-electron chi connectivity index (χ2n) is 5.90. The number of halogens is 4. The molecule has 7 heteroatoms. The maximum absolute atomic E-state index is 13.4. The number of alkyl halides is 3. The van der Waals surface area contributed by atoms with Crippen LogP contribution in [-0.2, 0) is 11.3 Å². The van der Waals surface area contributed by atoms with Crippen LogP contribution in [0.1, 0.15) is 18.4 Å². The highest BCUT2D eigenvalue weighted by Gasteiger charge is 2.41. The van der Waals surface area contributed by atoms with Crippen molar-refractivity contribution in [1.29, 1.82) is 0 Å². The second kappa shape index (κ2) is 8.08. The van der Waals surface area contributed by atoms with E-state index in [1.165, 1.54) is 6.07 Å². The Labute approximate surface area is 132 Å². The average Bonchev–Trinajstić information content (AvgIpc) is 2.48. The molecule has 1 aliphatic rings. The number of aliphatic hydroxyl groups is 1. The van der Waals surface area contributed by atoms with E-state index in [0.717, 1.165) is 0 Å². The molecule has 0 aliphatic carbocycles. The van der Waals surface area contributed by atoms with E-state index in [1.54, 1.807) is 23.1 Å². The molecular formula is C16H21F4NO2. The molecule has 130 valence electrons. The van der Waals surface area contributed by atoms with Crippen LogP contribution in [0.4, 0.5) is 17.6 Å². The van der Waals surface area contributed by atoms with Crippen molar-refractivity contribution in [3.05, 3.63) is 35.6 Å². The first-order valence-corrected chi connectivity index (χ1v) is 7.64. The predicted molar refractivity (Wildman–Crippen MR) is 77.3 cm³/mol. The number of benzene rings is 1. The molecule has 0 saturated carbocycles. The molecule has 0 amide bonds. The first kappa shape index (κ1) is 18.2. The number of likely N-dealkylation sites (tertiary alicyclic amines) is 1. The van der Waals surface area contributed by atoms with Gasteiger partial charge in [0.1, 0.15) is 5.82 Å². The van der Waals surface area contributed by atoms with Crippen LogP contribution in [0.15, 0.2) is 24.3 Å². The molecule has 23 heavy (non-hydrogen) atoms. The molecule has 1 aromatic rings. The van der Waals surface area contributed by atoms with E-state index in [1.807, 2.05) is 0 Å². The summed E-state index contributed by atoms with van der Waals surface area (Å²) in [4.78, 5) is 1.61. The average molecular weight is 335 g/mol. The minimum absolute atomic E-state index is 0.0227. The largest absolute Gasteiger partial charge is 0.393 e. The Morgan fingerprint density at radius 2 is 2.04 bits per heavy atom. The molecule has 1 aromatic carbocycles. The fraction of sp³-hybridized carbons (Fsp3) is 0.625. The van der Waals surface area contributed by atoms with Gasteiger partial charge in [-0.2, -0.15) is 13.2 Å². The van der Waals surface area contributed by atoms with E-state index in [2.05, 4.69) is 0 Å². The first-order valence-electron chi connectivity index (χ1n) is 7.64. The van der Waals surface area contributed by atoms with Gasteiger partial charge in [-0.15, -0.1) is 0 Å². The van der Waals surface area contributed by atoms with Crippen molar-refractivity contribution < 1.29 is 27.4 Å². The minimum atomic E-state index is -4.19. The number of ether oxygens (including phenoxy) is 1. The third-order valence-corrected chi connectivity index (χ3v) is 3.96. The van der Waals surface area contributed by atoms with Crippen LogP contribution in [0, 0.1) is 11.7 Å². The summed E-state index contributed by atoms with van der Waals surface area (Å²) in [6.45, 7) is 0.561. The van der Waals surface area contributed by atoms with Crippen LogP contribution in [0.5, 0.6) is 0 Å². The molecular weight excluding hydrogens is 314 g/mol. The zero-order valence-electron chi connectivity index (χ0n) is 12.7. The molecule has 0 aromatic heterocycles. The third kappa shape index (κ3) is 5.75. The van der Waals surface area contributed by atoms with Gasteiger partial charge >= 0.3 is 6.18 Å². The van der Waals surface area contributed by atoms with Crippen LogP contribution < -0.4 is 0 Å². The van der Waals surface area contributed by atoms with Crippen molar-refractivity contribution in [3.63, 3.8) is 0 Å². The van der Waals surface area contributed by atoms with Gasteiger partial charge in [0, 0.05) is 18.7 Å². The number of nitrogens with zero attached hydrogens (tertiary/aromatic N) is 1. The number of hydrogen-bond donors (Lipinski definition) is 1. The van der Waals surface area contributed by atoms with Gasteiger partial charge in [-0.3, -0.25) is 0 Å². The molecule has 3 nitrogen and oxygen atoms in total. The Hall–Kier alpha value is -1.18. The van der Waals surface area contributed by atoms with Crippen molar-refractivity contribution in [3.8, 4) is 0 Å². The van der Waals surface area contributed by atoms with Gasteiger partial charge in [0.05, 0.1) is 25.2 Å². The lowest BCUT2D eigenvalue weighted by Crippen LogP contribution is -2.45.